The van der Waals surface area contributed by atoms with Crippen molar-refractivity contribution in [2.75, 3.05) is 19.7 Å². The van der Waals surface area contributed by atoms with Gasteiger partial charge in [0.25, 0.3) is 0 Å². The summed E-state index contributed by atoms with van der Waals surface area (Å²) >= 11 is 0. The highest BCUT2D eigenvalue weighted by atomic mass is 16.3. The molecule has 21 heavy (non-hydrogen) atoms. The van der Waals surface area contributed by atoms with E-state index < -0.39 is 11.0 Å². The molecule has 7 nitrogen and oxygen atoms in total. The molecule has 2 aliphatic heterocycles. The summed E-state index contributed by atoms with van der Waals surface area (Å²) in [6.45, 7) is 5.01. The van der Waals surface area contributed by atoms with Gasteiger partial charge in [0, 0.05) is 13.1 Å². The van der Waals surface area contributed by atoms with Gasteiger partial charge in [0.1, 0.15) is 22.7 Å². The number of aromatic nitrogens is 3. The molecule has 2 atom stereocenters. The number of piperidine rings is 1. The maximum Gasteiger partial charge on any atom is 0.236 e. The van der Waals surface area contributed by atoms with Crippen molar-refractivity contribution in [1.82, 2.24) is 19.7 Å². The van der Waals surface area contributed by atoms with Gasteiger partial charge in [-0.05, 0) is 33.1 Å². The minimum absolute atomic E-state index is 0.0276. The van der Waals surface area contributed by atoms with Crippen LogP contribution in [0.2, 0.25) is 0 Å². The molecule has 0 radical (unpaired) electrons. The summed E-state index contributed by atoms with van der Waals surface area (Å²) in [6.07, 6.45) is 1.93. The van der Waals surface area contributed by atoms with E-state index in [1.807, 2.05) is 18.4 Å². The molecule has 1 saturated heterocycles. The number of fused-ring (bicyclic) bond motifs is 1. The lowest BCUT2D eigenvalue weighted by Crippen LogP contribution is -2.56. The van der Waals surface area contributed by atoms with Gasteiger partial charge in [0.15, 0.2) is 0 Å². The fourth-order valence-corrected chi connectivity index (χ4v) is 3.47. The number of carbonyl (C=O) groups is 1. The van der Waals surface area contributed by atoms with E-state index in [2.05, 4.69) is 10.2 Å². The third-order valence-corrected chi connectivity index (χ3v) is 4.87. The highest BCUT2D eigenvalue weighted by molar-refractivity contribution is 5.87. The number of aliphatic hydroxyl groups excluding tert-OH is 1. The average molecular weight is 294 g/mol. The number of β-amino-alcohol motifs (C(OH)–C–C–N with tert-alkyl or cyclic N) is 1. The summed E-state index contributed by atoms with van der Waals surface area (Å²) in [5.41, 5.74) is -1.86. The van der Waals surface area contributed by atoms with Crippen LogP contribution >= 0.6 is 0 Å². The van der Waals surface area contributed by atoms with E-state index in [4.69, 9.17) is 0 Å². The normalized spacial score (nSPS) is 32.3. The number of amides is 1. The molecule has 2 aliphatic rings. The second-order valence-electron chi connectivity index (χ2n) is 6.52. The predicted octanol–water partition coefficient (Wildman–Crippen LogP) is -0.406. The fourth-order valence-electron chi connectivity index (χ4n) is 3.47. The predicted molar refractivity (Wildman–Crippen MR) is 74.6 cm³/mol. The summed E-state index contributed by atoms with van der Waals surface area (Å²) in [6, 6.07) is 0. The summed E-state index contributed by atoms with van der Waals surface area (Å²) in [5, 5.41) is 27.8. The van der Waals surface area contributed by atoms with Crippen molar-refractivity contribution < 1.29 is 15.0 Å². The molecule has 3 rings (SSSR count). The van der Waals surface area contributed by atoms with Gasteiger partial charge in [0.05, 0.1) is 13.2 Å². The fraction of sp³-hybridized carbons (Fsp3) is 0.786. The number of nitrogens with zero attached hydrogens (tertiary/aromatic N) is 4. The Morgan fingerprint density at radius 3 is 2.81 bits per heavy atom. The number of aryl methyl sites for hydroxylation is 1. The second-order valence-corrected chi connectivity index (χ2v) is 6.52. The number of carbonyl (C=O) groups excluding carboxylic acids is 1. The molecule has 2 N–H and O–H groups in total. The third-order valence-electron chi connectivity index (χ3n) is 4.87. The number of aliphatic hydroxyl groups is 2. The van der Waals surface area contributed by atoms with Gasteiger partial charge in [-0.25, -0.2) is 0 Å². The zero-order valence-electron chi connectivity index (χ0n) is 12.5. The lowest BCUT2D eigenvalue weighted by molar-refractivity contribution is -0.146. The molecule has 1 aromatic rings. The first-order valence-corrected chi connectivity index (χ1v) is 7.42. The molecule has 0 bridgehead atoms. The van der Waals surface area contributed by atoms with Crippen molar-refractivity contribution >= 4 is 5.91 Å². The van der Waals surface area contributed by atoms with E-state index in [0.29, 0.717) is 31.6 Å². The summed E-state index contributed by atoms with van der Waals surface area (Å²) in [5.74, 6) is 1.51. The van der Waals surface area contributed by atoms with Crippen LogP contribution in [0.4, 0.5) is 0 Å². The van der Waals surface area contributed by atoms with Crippen LogP contribution in [0.5, 0.6) is 0 Å². The summed E-state index contributed by atoms with van der Waals surface area (Å²) in [4.78, 5) is 14.6. The summed E-state index contributed by atoms with van der Waals surface area (Å²) < 4.78 is 1.99. The van der Waals surface area contributed by atoms with Gasteiger partial charge in [-0.15, -0.1) is 10.2 Å². The molecule has 3 heterocycles. The molecule has 2 unspecified atom stereocenters. The lowest BCUT2D eigenvalue weighted by Gasteiger charge is -2.40. The zero-order chi connectivity index (χ0) is 15.3. The molecule has 1 aromatic heterocycles. The number of hydrogen-bond acceptors (Lipinski definition) is 5. The topological polar surface area (TPSA) is 91.5 Å². The highest BCUT2D eigenvalue weighted by Gasteiger charge is 2.48. The minimum atomic E-state index is -1.17. The van der Waals surface area contributed by atoms with E-state index in [-0.39, 0.29) is 19.1 Å². The van der Waals surface area contributed by atoms with Crippen LogP contribution in [-0.2, 0) is 16.8 Å². The zero-order valence-corrected chi connectivity index (χ0v) is 12.5. The van der Waals surface area contributed by atoms with Gasteiger partial charge < -0.3 is 19.7 Å². The highest BCUT2D eigenvalue weighted by Crippen LogP contribution is 2.36. The maximum absolute atomic E-state index is 12.9. The van der Waals surface area contributed by atoms with Crippen LogP contribution < -0.4 is 0 Å². The first-order valence-electron chi connectivity index (χ1n) is 7.42. The van der Waals surface area contributed by atoms with Crippen LogP contribution in [0.15, 0.2) is 0 Å². The Morgan fingerprint density at radius 2 is 2.10 bits per heavy atom. The van der Waals surface area contributed by atoms with Crippen molar-refractivity contribution in [2.45, 2.75) is 50.7 Å². The first-order chi connectivity index (χ1) is 9.89. The van der Waals surface area contributed by atoms with Crippen LogP contribution in [-0.4, -0.2) is 61.1 Å². The molecular formula is C14H22N4O3. The van der Waals surface area contributed by atoms with E-state index in [1.54, 1.807) is 4.90 Å². The van der Waals surface area contributed by atoms with Crippen LogP contribution in [0.25, 0.3) is 0 Å². The van der Waals surface area contributed by atoms with E-state index in [9.17, 15) is 15.0 Å². The van der Waals surface area contributed by atoms with E-state index in [1.165, 1.54) is 0 Å². The van der Waals surface area contributed by atoms with E-state index >= 15 is 0 Å². The Balaban J connectivity index is 1.85. The Labute approximate surface area is 123 Å². The molecule has 116 valence electrons. The Hall–Kier alpha value is -1.47. The van der Waals surface area contributed by atoms with Crippen LogP contribution in [0, 0.1) is 6.92 Å². The van der Waals surface area contributed by atoms with Crippen LogP contribution in [0.1, 0.15) is 37.8 Å². The minimum Gasteiger partial charge on any atom is -0.393 e. The molecule has 1 amide bonds. The van der Waals surface area contributed by atoms with Gasteiger partial charge in [-0.3, -0.25) is 4.79 Å². The van der Waals surface area contributed by atoms with Crippen molar-refractivity contribution in [1.29, 1.82) is 0 Å². The largest absolute Gasteiger partial charge is 0.393 e. The number of rotatable bonds is 2. The van der Waals surface area contributed by atoms with Gasteiger partial charge in [-0.2, -0.15) is 0 Å². The number of likely N-dealkylation sites (tertiary alicyclic amines) is 1. The summed E-state index contributed by atoms with van der Waals surface area (Å²) in [7, 11) is 0. The second kappa shape index (κ2) is 4.78. The Morgan fingerprint density at radius 1 is 1.33 bits per heavy atom. The lowest BCUT2D eigenvalue weighted by atomic mass is 9.84. The number of hydrogen-bond donors (Lipinski definition) is 2. The molecule has 0 saturated carbocycles. The first kappa shape index (κ1) is 14.5. The van der Waals surface area contributed by atoms with Gasteiger partial charge in [-0.1, -0.05) is 0 Å². The standard InChI is InChI=1S/C14H22N4O3/c1-10-15-16-11-13(2,5-7-18(10)11)12(20)17-6-3-4-14(21,8-17)9-19/h19,21H,3-9H2,1-2H3. The van der Waals surface area contributed by atoms with E-state index in [0.717, 1.165) is 12.4 Å². The Kier molecular flexibility index (Phi) is 3.29. The monoisotopic (exact) mass is 294 g/mol. The van der Waals surface area contributed by atoms with Crippen molar-refractivity contribution in [3.63, 3.8) is 0 Å². The smallest absolute Gasteiger partial charge is 0.236 e. The molecule has 0 spiro atoms. The van der Waals surface area contributed by atoms with Crippen molar-refractivity contribution in [3.05, 3.63) is 11.6 Å². The van der Waals surface area contributed by atoms with Crippen molar-refractivity contribution in [2.24, 2.45) is 0 Å². The molecular weight excluding hydrogens is 272 g/mol. The van der Waals surface area contributed by atoms with Gasteiger partial charge >= 0.3 is 0 Å². The molecule has 0 aliphatic carbocycles. The Bertz CT molecular complexity index is 573. The molecule has 7 heteroatoms. The van der Waals surface area contributed by atoms with Crippen LogP contribution in [0.3, 0.4) is 0 Å². The quantitative estimate of drug-likeness (QED) is 0.774. The SMILES string of the molecule is Cc1nnc2n1CCC2(C)C(=O)N1CCCC(O)(CO)C1. The molecule has 1 fully saturated rings. The average Bonchev–Trinajstić information content (AvgIpc) is 3.01. The molecule has 0 aromatic carbocycles. The van der Waals surface area contributed by atoms with Gasteiger partial charge in [0.2, 0.25) is 5.91 Å². The third kappa shape index (κ3) is 2.15. The maximum atomic E-state index is 12.9. The van der Waals surface area contributed by atoms with Crippen molar-refractivity contribution in [3.8, 4) is 0 Å².